The molecule has 9 heteroatoms. The first-order chi connectivity index (χ1) is 11.3. The smallest absolute Gasteiger partial charge is 0.417 e. The predicted octanol–water partition coefficient (Wildman–Crippen LogP) is 4.24. The Morgan fingerprint density at radius 2 is 1.72 bits per heavy atom. The molecule has 0 spiro atoms. The molecule has 0 amide bonds. The van der Waals surface area contributed by atoms with Crippen LogP contribution in [0.2, 0.25) is 0 Å². The van der Waals surface area contributed by atoms with E-state index >= 15 is 0 Å². The molecule has 0 saturated carbocycles. The number of rotatable bonds is 5. The highest BCUT2D eigenvalue weighted by atomic mass is 19.4. The van der Waals surface area contributed by atoms with Crippen molar-refractivity contribution in [3.8, 4) is 11.8 Å². The zero-order valence-corrected chi connectivity index (χ0v) is 13.4. The van der Waals surface area contributed by atoms with Gasteiger partial charge in [0.1, 0.15) is 5.75 Å². The molecule has 25 heavy (non-hydrogen) atoms. The third kappa shape index (κ3) is 4.98. The van der Waals surface area contributed by atoms with E-state index in [1.54, 1.807) is 0 Å². The molecule has 0 fully saturated rings. The second kappa shape index (κ2) is 7.17. The van der Waals surface area contributed by atoms with Gasteiger partial charge >= 0.3 is 12.8 Å². The molecule has 1 aromatic carbocycles. The standard InChI is InChI=1S/C16H14F5NO3/c1-15(2,3)13(24)10(7-22)12(23)9-5-4-8(25-14(17)18)6-11(9)16(19,20)21/h4-6,10,14H,1-3H3. The van der Waals surface area contributed by atoms with Gasteiger partial charge in [0.25, 0.3) is 0 Å². The average molecular weight is 363 g/mol. The number of halogens is 5. The van der Waals surface area contributed by atoms with Crippen molar-refractivity contribution in [2.75, 3.05) is 0 Å². The quantitative estimate of drug-likeness (QED) is 0.446. The van der Waals surface area contributed by atoms with Gasteiger partial charge < -0.3 is 4.74 Å². The first-order valence-corrected chi connectivity index (χ1v) is 6.93. The van der Waals surface area contributed by atoms with E-state index in [1.165, 1.54) is 26.8 Å². The Morgan fingerprint density at radius 3 is 2.12 bits per heavy atom. The summed E-state index contributed by atoms with van der Waals surface area (Å²) in [6.07, 6.45) is -5.07. The van der Waals surface area contributed by atoms with Crippen LogP contribution in [0.3, 0.4) is 0 Å². The van der Waals surface area contributed by atoms with Crippen molar-refractivity contribution < 1.29 is 36.3 Å². The van der Waals surface area contributed by atoms with Crippen molar-refractivity contribution in [1.29, 1.82) is 5.26 Å². The number of nitriles is 1. The van der Waals surface area contributed by atoms with Crippen LogP contribution >= 0.6 is 0 Å². The zero-order chi connectivity index (χ0) is 19.6. The molecule has 1 unspecified atom stereocenters. The molecule has 0 aliphatic rings. The Morgan fingerprint density at radius 1 is 1.16 bits per heavy atom. The number of hydrogen-bond acceptors (Lipinski definition) is 4. The Kier molecular flexibility index (Phi) is 5.89. The molecule has 0 aromatic heterocycles. The molecule has 0 aliphatic carbocycles. The zero-order valence-electron chi connectivity index (χ0n) is 13.4. The van der Waals surface area contributed by atoms with E-state index in [0.29, 0.717) is 6.07 Å². The molecule has 1 rings (SSSR count). The van der Waals surface area contributed by atoms with Crippen LogP contribution in [0.1, 0.15) is 36.7 Å². The highest BCUT2D eigenvalue weighted by Crippen LogP contribution is 2.36. The largest absolute Gasteiger partial charge is 0.435 e. The number of Topliss-reactive ketones (excluding diaryl/α,β-unsaturated/α-hetero) is 2. The fourth-order valence-electron chi connectivity index (χ4n) is 1.97. The summed E-state index contributed by atoms with van der Waals surface area (Å²) in [5.74, 6) is -4.93. The van der Waals surface area contributed by atoms with Crippen LogP contribution in [-0.2, 0) is 11.0 Å². The van der Waals surface area contributed by atoms with Gasteiger partial charge in [-0.05, 0) is 18.2 Å². The van der Waals surface area contributed by atoms with Crippen LogP contribution in [0.15, 0.2) is 18.2 Å². The number of ketones is 2. The lowest BCUT2D eigenvalue weighted by atomic mass is 9.80. The Hall–Kier alpha value is -2.50. The molecule has 4 nitrogen and oxygen atoms in total. The predicted molar refractivity (Wildman–Crippen MR) is 76.0 cm³/mol. The van der Waals surface area contributed by atoms with Gasteiger partial charge in [-0.25, -0.2) is 0 Å². The molecule has 1 aromatic rings. The molecular weight excluding hydrogens is 349 g/mol. The number of ether oxygens (including phenoxy) is 1. The number of carbonyl (C=O) groups excluding carboxylic acids is 2. The first-order valence-electron chi connectivity index (χ1n) is 6.93. The van der Waals surface area contributed by atoms with Gasteiger partial charge in [-0.1, -0.05) is 20.8 Å². The minimum Gasteiger partial charge on any atom is -0.435 e. The third-order valence-corrected chi connectivity index (χ3v) is 3.18. The van der Waals surface area contributed by atoms with Gasteiger partial charge in [-0.3, -0.25) is 9.59 Å². The maximum absolute atomic E-state index is 13.2. The summed E-state index contributed by atoms with van der Waals surface area (Å²) < 4.78 is 67.7. The molecule has 0 heterocycles. The summed E-state index contributed by atoms with van der Waals surface area (Å²) in [5, 5.41) is 9.06. The third-order valence-electron chi connectivity index (χ3n) is 3.18. The van der Waals surface area contributed by atoms with Crippen LogP contribution < -0.4 is 4.74 Å². The summed E-state index contributed by atoms with van der Waals surface area (Å²) in [5.41, 5.74) is -3.65. The summed E-state index contributed by atoms with van der Waals surface area (Å²) in [4.78, 5) is 24.5. The number of benzene rings is 1. The summed E-state index contributed by atoms with van der Waals surface area (Å²) in [6.45, 7) is 0.892. The van der Waals surface area contributed by atoms with E-state index in [2.05, 4.69) is 4.74 Å². The maximum atomic E-state index is 13.2. The van der Waals surface area contributed by atoms with Gasteiger partial charge in [-0.15, -0.1) is 0 Å². The average Bonchev–Trinajstić information content (AvgIpc) is 2.45. The van der Waals surface area contributed by atoms with Gasteiger partial charge in [0.15, 0.2) is 17.5 Å². The highest BCUT2D eigenvalue weighted by Gasteiger charge is 2.41. The summed E-state index contributed by atoms with van der Waals surface area (Å²) in [7, 11) is 0. The normalized spacial score (nSPS) is 13.3. The van der Waals surface area contributed by atoms with E-state index in [4.69, 9.17) is 5.26 Å². The van der Waals surface area contributed by atoms with E-state index in [-0.39, 0.29) is 6.07 Å². The van der Waals surface area contributed by atoms with Crippen LogP contribution in [-0.4, -0.2) is 18.2 Å². The number of hydrogen-bond donors (Lipinski definition) is 0. The van der Waals surface area contributed by atoms with Crippen molar-refractivity contribution in [3.05, 3.63) is 29.3 Å². The molecule has 0 radical (unpaired) electrons. The number of nitrogens with zero attached hydrogens (tertiary/aromatic N) is 1. The lowest BCUT2D eigenvalue weighted by Gasteiger charge is -2.21. The van der Waals surface area contributed by atoms with Gasteiger partial charge in [0, 0.05) is 11.0 Å². The van der Waals surface area contributed by atoms with Crippen LogP contribution in [0.5, 0.6) is 5.75 Å². The molecule has 0 saturated heterocycles. The van der Waals surface area contributed by atoms with Crippen molar-refractivity contribution in [3.63, 3.8) is 0 Å². The Labute approximate surface area is 140 Å². The second-order valence-electron chi connectivity index (χ2n) is 6.12. The first kappa shape index (κ1) is 20.5. The topological polar surface area (TPSA) is 67.2 Å². The SMILES string of the molecule is CC(C)(C)C(=O)C(C#N)C(=O)c1ccc(OC(F)F)cc1C(F)(F)F. The van der Waals surface area contributed by atoms with Crippen LogP contribution in [0.25, 0.3) is 0 Å². The van der Waals surface area contributed by atoms with Gasteiger partial charge in [-0.2, -0.15) is 27.2 Å². The summed E-state index contributed by atoms with van der Waals surface area (Å²) >= 11 is 0. The lowest BCUT2D eigenvalue weighted by Crippen LogP contribution is -2.33. The van der Waals surface area contributed by atoms with Crippen molar-refractivity contribution >= 4 is 11.6 Å². The van der Waals surface area contributed by atoms with Gasteiger partial charge in [0.05, 0.1) is 11.6 Å². The monoisotopic (exact) mass is 363 g/mol. The minimum absolute atomic E-state index is 0.232. The Balaban J connectivity index is 3.42. The molecule has 1 atom stereocenters. The second-order valence-corrected chi connectivity index (χ2v) is 6.12. The highest BCUT2D eigenvalue weighted by molar-refractivity contribution is 6.14. The van der Waals surface area contributed by atoms with E-state index in [9.17, 15) is 31.5 Å². The molecule has 0 bridgehead atoms. The van der Waals surface area contributed by atoms with E-state index in [0.717, 1.165) is 6.07 Å². The van der Waals surface area contributed by atoms with E-state index < -0.39 is 52.6 Å². The number of alkyl halides is 5. The van der Waals surface area contributed by atoms with Gasteiger partial charge in [0.2, 0.25) is 0 Å². The number of carbonyl (C=O) groups is 2. The van der Waals surface area contributed by atoms with Crippen molar-refractivity contribution in [2.45, 2.75) is 33.6 Å². The Bertz CT molecular complexity index is 714. The molecule has 0 aliphatic heterocycles. The lowest BCUT2D eigenvalue weighted by molar-refractivity contribution is -0.138. The fraction of sp³-hybridized carbons (Fsp3) is 0.438. The van der Waals surface area contributed by atoms with E-state index in [1.807, 2.05) is 0 Å². The van der Waals surface area contributed by atoms with Crippen molar-refractivity contribution in [1.82, 2.24) is 0 Å². The van der Waals surface area contributed by atoms with Crippen LogP contribution in [0.4, 0.5) is 22.0 Å². The molecular formula is C16H14F5NO3. The fourth-order valence-corrected chi connectivity index (χ4v) is 1.97. The minimum atomic E-state index is -5.07. The molecule has 136 valence electrons. The van der Waals surface area contributed by atoms with Crippen LogP contribution in [0, 0.1) is 22.7 Å². The maximum Gasteiger partial charge on any atom is 0.417 e. The molecule has 0 N–H and O–H groups in total. The van der Waals surface area contributed by atoms with Crippen molar-refractivity contribution in [2.24, 2.45) is 11.3 Å². The summed E-state index contributed by atoms with van der Waals surface area (Å²) in [6, 6.07) is 3.00.